The van der Waals surface area contributed by atoms with Gasteiger partial charge in [-0.25, -0.2) is 9.97 Å². The van der Waals surface area contributed by atoms with Crippen molar-refractivity contribution in [2.75, 3.05) is 57.4 Å². The number of anilines is 2. The molecule has 3 rings (SSSR count). The molecule has 1 aromatic carbocycles. The molecule has 128 valence electrons. The fourth-order valence-corrected chi connectivity index (χ4v) is 2.87. The van der Waals surface area contributed by atoms with Gasteiger partial charge in [0, 0.05) is 44.8 Å². The second-order valence-electron chi connectivity index (χ2n) is 6.04. The van der Waals surface area contributed by atoms with Crippen molar-refractivity contribution in [2.24, 2.45) is 0 Å². The van der Waals surface area contributed by atoms with E-state index in [0.29, 0.717) is 17.3 Å². The third-order valence-electron chi connectivity index (χ3n) is 4.25. The van der Waals surface area contributed by atoms with E-state index in [9.17, 15) is 0 Å². The Labute approximate surface area is 147 Å². The Bertz CT molecular complexity index is 670. The van der Waals surface area contributed by atoms with Crippen molar-refractivity contribution < 1.29 is 0 Å². The lowest BCUT2D eigenvalue weighted by Gasteiger charge is -2.32. The molecular formula is C17H23ClN6. The van der Waals surface area contributed by atoms with E-state index in [1.54, 1.807) is 0 Å². The van der Waals surface area contributed by atoms with Crippen LogP contribution in [0.5, 0.6) is 0 Å². The average Bonchev–Trinajstić information content (AvgIpc) is 2.61. The average molecular weight is 347 g/mol. The number of piperazine rings is 1. The van der Waals surface area contributed by atoms with E-state index in [2.05, 4.69) is 32.1 Å². The molecule has 0 saturated carbocycles. The first-order chi connectivity index (χ1) is 11.6. The molecule has 0 radical (unpaired) electrons. The van der Waals surface area contributed by atoms with Crippen molar-refractivity contribution >= 4 is 23.1 Å². The standard InChI is InChI=1S/C17H23ClN6/c1-23-9-11-24(12-10-23)8-7-20-17-14(19)15(18)21-16(22-17)13-5-3-2-4-6-13/h2-6H,7-12,19H2,1H3,(H,20,21,22). The number of nitrogens with one attached hydrogen (secondary N) is 1. The van der Waals surface area contributed by atoms with Gasteiger partial charge >= 0.3 is 0 Å². The molecule has 1 aliphatic rings. The molecule has 0 bridgehead atoms. The molecule has 1 aromatic heterocycles. The zero-order valence-corrected chi connectivity index (χ0v) is 14.6. The maximum absolute atomic E-state index is 6.18. The first-order valence-electron chi connectivity index (χ1n) is 8.16. The number of aromatic nitrogens is 2. The summed E-state index contributed by atoms with van der Waals surface area (Å²) in [5, 5.41) is 3.59. The Morgan fingerprint density at radius 2 is 1.83 bits per heavy atom. The van der Waals surface area contributed by atoms with Gasteiger partial charge in [-0.3, -0.25) is 4.90 Å². The summed E-state index contributed by atoms with van der Waals surface area (Å²) in [5.74, 6) is 1.18. The molecule has 0 unspecified atom stereocenters. The van der Waals surface area contributed by atoms with E-state index in [1.165, 1.54) is 0 Å². The molecule has 6 nitrogen and oxygen atoms in total. The van der Waals surface area contributed by atoms with Crippen molar-refractivity contribution in [3.8, 4) is 11.4 Å². The van der Waals surface area contributed by atoms with Crippen LogP contribution in [0.25, 0.3) is 11.4 Å². The Morgan fingerprint density at radius 1 is 1.12 bits per heavy atom. The van der Waals surface area contributed by atoms with Crippen LogP contribution in [-0.2, 0) is 0 Å². The van der Waals surface area contributed by atoms with Gasteiger partial charge in [-0.05, 0) is 7.05 Å². The summed E-state index contributed by atoms with van der Waals surface area (Å²) in [6.45, 7) is 6.13. The molecule has 0 spiro atoms. The summed E-state index contributed by atoms with van der Waals surface area (Å²) in [5.41, 5.74) is 7.34. The Kier molecular flexibility index (Phi) is 5.50. The number of nitrogens with two attached hydrogens (primary N) is 1. The molecular weight excluding hydrogens is 324 g/mol. The lowest BCUT2D eigenvalue weighted by Crippen LogP contribution is -2.45. The maximum atomic E-state index is 6.18. The van der Waals surface area contributed by atoms with Gasteiger partial charge in [0.05, 0.1) is 0 Å². The minimum atomic E-state index is 0.283. The van der Waals surface area contributed by atoms with Crippen LogP contribution in [0.2, 0.25) is 5.15 Å². The number of benzene rings is 1. The summed E-state index contributed by atoms with van der Waals surface area (Å²) in [6, 6.07) is 9.76. The lowest BCUT2D eigenvalue weighted by atomic mass is 10.2. The Balaban J connectivity index is 1.65. The summed E-state index contributed by atoms with van der Waals surface area (Å²) in [7, 11) is 2.16. The molecule has 0 aliphatic carbocycles. The van der Waals surface area contributed by atoms with Crippen molar-refractivity contribution in [3.05, 3.63) is 35.5 Å². The lowest BCUT2D eigenvalue weighted by molar-refractivity contribution is 0.158. The first-order valence-corrected chi connectivity index (χ1v) is 8.54. The molecule has 1 fully saturated rings. The predicted octanol–water partition coefficient (Wildman–Crippen LogP) is 2.04. The van der Waals surface area contributed by atoms with Gasteiger partial charge in [0.1, 0.15) is 5.69 Å². The fourth-order valence-electron chi connectivity index (χ4n) is 2.70. The van der Waals surface area contributed by atoms with Crippen molar-refractivity contribution in [2.45, 2.75) is 0 Å². The molecule has 7 heteroatoms. The second-order valence-corrected chi connectivity index (χ2v) is 6.40. The highest BCUT2D eigenvalue weighted by molar-refractivity contribution is 6.32. The number of likely N-dealkylation sites (N-methyl/N-ethyl adjacent to an activating group) is 1. The molecule has 0 atom stereocenters. The van der Waals surface area contributed by atoms with E-state index in [-0.39, 0.29) is 5.15 Å². The summed E-state index contributed by atoms with van der Waals surface area (Å²) < 4.78 is 0. The van der Waals surface area contributed by atoms with Crippen molar-refractivity contribution in [1.82, 2.24) is 19.8 Å². The highest BCUT2D eigenvalue weighted by atomic mass is 35.5. The fraction of sp³-hybridized carbons (Fsp3) is 0.412. The highest BCUT2D eigenvalue weighted by Crippen LogP contribution is 2.27. The molecule has 2 heterocycles. The topological polar surface area (TPSA) is 70.3 Å². The normalized spacial score (nSPS) is 16.2. The van der Waals surface area contributed by atoms with E-state index >= 15 is 0 Å². The van der Waals surface area contributed by atoms with Gasteiger partial charge in [0.15, 0.2) is 16.8 Å². The van der Waals surface area contributed by atoms with Gasteiger partial charge in [-0.1, -0.05) is 41.9 Å². The summed E-state index contributed by atoms with van der Waals surface area (Å²) in [4.78, 5) is 13.6. The molecule has 24 heavy (non-hydrogen) atoms. The molecule has 2 aromatic rings. The van der Waals surface area contributed by atoms with Crippen LogP contribution < -0.4 is 11.1 Å². The maximum Gasteiger partial charge on any atom is 0.163 e. The zero-order valence-electron chi connectivity index (χ0n) is 13.9. The second kappa shape index (κ2) is 7.79. The summed E-state index contributed by atoms with van der Waals surface area (Å²) >= 11 is 6.18. The monoisotopic (exact) mass is 346 g/mol. The van der Waals surface area contributed by atoms with Crippen LogP contribution in [0.3, 0.4) is 0 Å². The van der Waals surface area contributed by atoms with Crippen LogP contribution in [0.4, 0.5) is 11.5 Å². The number of halogens is 1. The predicted molar refractivity (Wildman–Crippen MR) is 99.3 cm³/mol. The number of nitrogens with zero attached hydrogens (tertiary/aromatic N) is 4. The van der Waals surface area contributed by atoms with Crippen molar-refractivity contribution in [3.63, 3.8) is 0 Å². The molecule has 1 saturated heterocycles. The van der Waals surface area contributed by atoms with Gasteiger partial charge in [0.2, 0.25) is 0 Å². The van der Waals surface area contributed by atoms with Crippen molar-refractivity contribution in [1.29, 1.82) is 0 Å². The first kappa shape index (κ1) is 17.0. The van der Waals surface area contributed by atoms with Crippen LogP contribution >= 0.6 is 11.6 Å². The molecule has 1 aliphatic heterocycles. The smallest absolute Gasteiger partial charge is 0.163 e. The minimum Gasteiger partial charge on any atom is -0.393 e. The zero-order chi connectivity index (χ0) is 16.9. The number of hydrogen-bond acceptors (Lipinski definition) is 6. The third kappa shape index (κ3) is 4.14. The third-order valence-corrected chi connectivity index (χ3v) is 4.54. The Morgan fingerprint density at radius 3 is 2.54 bits per heavy atom. The van der Waals surface area contributed by atoms with Crippen LogP contribution in [0.1, 0.15) is 0 Å². The van der Waals surface area contributed by atoms with E-state index in [1.807, 2.05) is 30.3 Å². The van der Waals surface area contributed by atoms with Gasteiger partial charge in [-0.15, -0.1) is 0 Å². The SMILES string of the molecule is CN1CCN(CCNc2nc(-c3ccccc3)nc(Cl)c2N)CC1. The van der Waals surface area contributed by atoms with E-state index in [0.717, 1.165) is 44.8 Å². The minimum absolute atomic E-state index is 0.283. The van der Waals surface area contributed by atoms with Crippen LogP contribution in [-0.4, -0.2) is 66.1 Å². The van der Waals surface area contributed by atoms with Gasteiger partial charge < -0.3 is 16.0 Å². The highest BCUT2D eigenvalue weighted by Gasteiger charge is 2.14. The van der Waals surface area contributed by atoms with Crippen LogP contribution in [0, 0.1) is 0 Å². The van der Waals surface area contributed by atoms with Gasteiger partial charge in [0.25, 0.3) is 0 Å². The summed E-state index contributed by atoms with van der Waals surface area (Å²) in [6.07, 6.45) is 0. The quantitative estimate of drug-likeness (QED) is 0.807. The molecule has 3 N–H and O–H groups in total. The number of hydrogen-bond donors (Lipinski definition) is 2. The number of nitrogen functional groups attached to an aromatic ring is 1. The van der Waals surface area contributed by atoms with E-state index in [4.69, 9.17) is 17.3 Å². The van der Waals surface area contributed by atoms with E-state index < -0.39 is 0 Å². The van der Waals surface area contributed by atoms with Gasteiger partial charge in [-0.2, -0.15) is 0 Å². The molecule has 0 amide bonds. The van der Waals surface area contributed by atoms with Crippen LogP contribution in [0.15, 0.2) is 30.3 Å². The Hall–Kier alpha value is -1.89. The largest absolute Gasteiger partial charge is 0.393 e. The number of rotatable bonds is 5.